The van der Waals surface area contributed by atoms with Crippen molar-refractivity contribution in [2.24, 2.45) is 0 Å². The molecule has 2 rings (SSSR count). The Balaban J connectivity index is 2.03. The number of ether oxygens (including phenoxy) is 1. The molecule has 0 bridgehead atoms. The quantitative estimate of drug-likeness (QED) is 0.574. The SMILES string of the molecule is CCOC(=O)C(C)(CSc1nnnn1C1CC1)NC(C)C. The Labute approximate surface area is 129 Å². The lowest BCUT2D eigenvalue weighted by Gasteiger charge is -2.30. The molecular weight excluding hydrogens is 290 g/mol. The van der Waals surface area contributed by atoms with E-state index in [0.29, 0.717) is 18.4 Å². The predicted octanol–water partition coefficient (Wildman–Crippen LogP) is 1.42. The molecule has 1 aliphatic carbocycles. The Hall–Kier alpha value is -1.15. The Bertz CT molecular complexity index is 489. The third-order valence-corrected chi connectivity index (χ3v) is 4.43. The molecule has 1 aromatic heterocycles. The Morgan fingerprint density at radius 2 is 2.29 bits per heavy atom. The van der Waals surface area contributed by atoms with E-state index in [1.54, 1.807) is 0 Å². The molecule has 118 valence electrons. The van der Waals surface area contributed by atoms with Crippen LogP contribution < -0.4 is 5.32 Å². The van der Waals surface area contributed by atoms with Gasteiger partial charge in [-0.25, -0.2) is 4.68 Å². The molecule has 1 aromatic rings. The Morgan fingerprint density at radius 3 is 2.86 bits per heavy atom. The highest BCUT2D eigenvalue weighted by molar-refractivity contribution is 7.99. The molecule has 0 aromatic carbocycles. The number of tetrazole rings is 1. The van der Waals surface area contributed by atoms with Gasteiger partial charge in [0.2, 0.25) is 5.16 Å². The molecular formula is C13H23N5O2S. The van der Waals surface area contributed by atoms with Crippen molar-refractivity contribution in [2.75, 3.05) is 12.4 Å². The predicted molar refractivity (Wildman–Crippen MR) is 80.1 cm³/mol. The molecule has 1 atom stereocenters. The summed E-state index contributed by atoms with van der Waals surface area (Å²) < 4.78 is 7.05. The number of aromatic nitrogens is 4. The minimum Gasteiger partial charge on any atom is -0.465 e. The lowest BCUT2D eigenvalue weighted by atomic mass is 10.0. The molecule has 0 amide bonds. The highest BCUT2D eigenvalue weighted by atomic mass is 32.2. The summed E-state index contributed by atoms with van der Waals surface area (Å²) in [7, 11) is 0. The molecule has 0 radical (unpaired) electrons. The molecule has 21 heavy (non-hydrogen) atoms. The van der Waals surface area contributed by atoms with Crippen molar-refractivity contribution in [1.82, 2.24) is 25.5 Å². The van der Waals surface area contributed by atoms with Gasteiger partial charge in [0.05, 0.1) is 12.6 Å². The van der Waals surface area contributed by atoms with Gasteiger partial charge in [-0.3, -0.25) is 10.1 Å². The minimum atomic E-state index is -0.755. The summed E-state index contributed by atoms with van der Waals surface area (Å²) >= 11 is 1.49. The van der Waals surface area contributed by atoms with Crippen LogP contribution in [0, 0.1) is 0 Å². The summed E-state index contributed by atoms with van der Waals surface area (Å²) in [5.41, 5.74) is -0.755. The van der Waals surface area contributed by atoms with Crippen molar-refractivity contribution >= 4 is 17.7 Å². The zero-order valence-corrected chi connectivity index (χ0v) is 13.8. The molecule has 7 nitrogen and oxygen atoms in total. The first-order valence-corrected chi connectivity index (χ1v) is 8.30. The van der Waals surface area contributed by atoms with Gasteiger partial charge in [0.1, 0.15) is 5.54 Å². The number of nitrogens with zero attached hydrogens (tertiary/aromatic N) is 4. The molecule has 1 N–H and O–H groups in total. The van der Waals surface area contributed by atoms with E-state index in [1.165, 1.54) is 11.8 Å². The summed E-state index contributed by atoms with van der Waals surface area (Å²) in [6.07, 6.45) is 2.25. The van der Waals surface area contributed by atoms with E-state index in [9.17, 15) is 4.79 Å². The minimum absolute atomic E-state index is 0.180. The number of hydrogen-bond donors (Lipinski definition) is 1. The average molecular weight is 313 g/mol. The third kappa shape index (κ3) is 4.16. The molecule has 0 saturated heterocycles. The van der Waals surface area contributed by atoms with E-state index >= 15 is 0 Å². The Kier molecular flexibility index (Phi) is 5.21. The van der Waals surface area contributed by atoms with Crippen LogP contribution in [-0.2, 0) is 9.53 Å². The summed E-state index contributed by atoms with van der Waals surface area (Å²) in [5, 5.41) is 15.9. The van der Waals surface area contributed by atoms with Crippen molar-refractivity contribution in [3.05, 3.63) is 0 Å². The molecule has 0 spiro atoms. The van der Waals surface area contributed by atoms with Crippen LogP contribution in [0.2, 0.25) is 0 Å². The van der Waals surface area contributed by atoms with E-state index < -0.39 is 5.54 Å². The standard InChI is InChI=1S/C13H23N5O2S/c1-5-20-11(19)13(4,14-9(2)3)8-21-12-15-16-17-18(12)10-6-7-10/h9-10,14H,5-8H2,1-4H3. The first kappa shape index (κ1) is 16.2. The molecule has 0 aliphatic heterocycles. The number of thioether (sulfide) groups is 1. The zero-order chi connectivity index (χ0) is 15.5. The van der Waals surface area contributed by atoms with Crippen molar-refractivity contribution in [3.63, 3.8) is 0 Å². The maximum absolute atomic E-state index is 12.2. The van der Waals surface area contributed by atoms with Gasteiger partial charge in [-0.2, -0.15) is 0 Å². The molecule has 1 aliphatic rings. The fraction of sp³-hybridized carbons (Fsp3) is 0.846. The number of esters is 1. The van der Waals surface area contributed by atoms with Gasteiger partial charge in [-0.05, 0) is 51.0 Å². The van der Waals surface area contributed by atoms with E-state index in [2.05, 4.69) is 20.8 Å². The third-order valence-electron chi connectivity index (χ3n) is 3.18. The van der Waals surface area contributed by atoms with Crippen LogP contribution in [0.1, 0.15) is 46.6 Å². The van der Waals surface area contributed by atoms with Gasteiger partial charge in [0, 0.05) is 11.8 Å². The molecule has 8 heteroatoms. The number of carbonyl (C=O) groups excluding carboxylic acids is 1. The van der Waals surface area contributed by atoms with Crippen molar-refractivity contribution in [2.45, 2.75) is 63.3 Å². The van der Waals surface area contributed by atoms with E-state index in [1.807, 2.05) is 32.4 Å². The van der Waals surface area contributed by atoms with Gasteiger partial charge in [-0.15, -0.1) is 5.10 Å². The lowest BCUT2D eigenvalue weighted by molar-refractivity contribution is -0.149. The molecule has 1 unspecified atom stereocenters. The topological polar surface area (TPSA) is 81.9 Å². The number of rotatable bonds is 8. The first-order valence-electron chi connectivity index (χ1n) is 7.32. The number of nitrogens with one attached hydrogen (secondary N) is 1. The van der Waals surface area contributed by atoms with Crippen LogP contribution in [0.15, 0.2) is 5.16 Å². The van der Waals surface area contributed by atoms with Crippen LogP contribution in [0.5, 0.6) is 0 Å². The second-order valence-corrected chi connectivity index (χ2v) is 6.72. The average Bonchev–Trinajstić information content (AvgIpc) is 3.15. The lowest BCUT2D eigenvalue weighted by Crippen LogP contribution is -2.55. The number of carbonyl (C=O) groups is 1. The number of hydrogen-bond acceptors (Lipinski definition) is 7. The van der Waals surface area contributed by atoms with Crippen molar-refractivity contribution in [3.8, 4) is 0 Å². The van der Waals surface area contributed by atoms with Gasteiger partial charge in [0.25, 0.3) is 0 Å². The van der Waals surface area contributed by atoms with Gasteiger partial charge < -0.3 is 4.74 Å². The smallest absolute Gasteiger partial charge is 0.326 e. The van der Waals surface area contributed by atoms with Crippen LogP contribution in [0.3, 0.4) is 0 Å². The zero-order valence-electron chi connectivity index (χ0n) is 13.0. The molecule has 1 heterocycles. The first-order chi connectivity index (χ1) is 9.96. The largest absolute Gasteiger partial charge is 0.465 e. The normalized spacial score (nSPS) is 17.8. The fourth-order valence-electron chi connectivity index (χ4n) is 2.12. The van der Waals surface area contributed by atoms with E-state index in [0.717, 1.165) is 18.0 Å². The molecule has 1 fully saturated rings. The van der Waals surface area contributed by atoms with E-state index in [-0.39, 0.29) is 12.0 Å². The summed E-state index contributed by atoms with van der Waals surface area (Å²) in [4.78, 5) is 12.2. The Morgan fingerprint density at radius 1 is 1.57 bits per heavy atom. The highest BCUT2D eigenvalue weighted by Crippen LogP contribution is 2.36. The summed E-state index contributed by atoms with van der Waals surface area (Å²) in [6, 6.07) is 0.605. The van der Waals surface area contributed by atoms with Gasteiger partial charge >= 0.3 is 5.97 Å². The van der Waals surface area contributed by atoms with Crippen LogP contribution in [-0.4, -0.2) is 50.1 Å². The van der Waals surface area contributed by atoms with E-state index in [4.69, 9.17) is 4.74 Å². The fourth-order valence-corrected chi connectivity index (χ4v) is 3.16. The van der Waals surface area contributed by atoms with Crippen LogP contribution in [0.25, 0.3) is 0 Å². The summed E-state index contributed by atoms with van der Waals surface area (Å²) in [6.45, 7) is 8.07. The second-order valence-electron chi connectivity index (χ2n) is 5.78. The van der Waals surface area contributed by atoms with Crippen LogP contribution in [0.4, 0.5) is 0 Å². The molecule has 1 saturated carbocycles. The monoisotopic (exact) mass is 313 g/mol. The summed E-state index contributed by atoms with van der Waals surface area (Å²) in [5.74, 6) is 0.286. The van der Waals surface area contributed by atoms with Crippen molar-refractivity contribution in [1.29, 1.82) is 0 Å². The second kappa shape index (κ2) is 6.74. The van der Waals surface area contributed by atoms with Gasteiger partial charge in [-0.1, -0.05) is 11.8 Å². The van der Waals surface area contributed by atoms with Crippen molar-refractivity contribution < 1.29 is 9.53 Å². The van der Waals surface area contributed by atoms with Crippen LogP contribution >= 0.6 is 11.8 Å². The maximum atomic E-state index is 12.2. The highest BCUT2D eigenvalue weighted by Gasteiger charge is 2.36. The van der Waals surface area contributed by atoms with Gasteiger partial charge in [0.15, 0.2) is 0 Å². The maximum Gasteiger partial charge on any atom is 0.326 e.